The molecule has 3 N–H and O–H groups in total. The third-order valence-electron chi connectivity index (χ3n) is 5.05. The third kappa shape index (κ3) is 6.25. The Morgan fingerprint density at radius 1 is 1.22 bits per heavy atom. The highest BCUT2D eigenvalue weighted by molar-refractivity contribution is 8.16. The molecule has 3 atom stereocenters. The molecule has 1 saturated carbocycles. The number of nitrogens with one attached hydrogen (secondary N) is 2. The quantitative estimate of drug-likeness (QED) is 0.441. The van der Waals surface area contributed by atoms with E-state index >= 15 is 0 Å². The molecule has 0 spiro atoms. The molecule has 2 heterocycles. The number of ether oxygens (including phenoxy) is 1. The number of hydrogen-bond donors (Lipinski definition) is 3. The van der Waals surface area contributed by atoms with Crippen LogP contribution in [0.5, 0.6) is 0 Å². The fourth-order valence-corrected chi connectivity index (χ4v) is 5.46. The van der Waals surface area contributed by atoms with Crippen molar-refractivity contribution < 1.29 is 29.0 Å². The van der Waals surface area contributed by atoms with E-state index in [1.165, 1.54) is 23.5 Å². The smallest absolute Gasteiger partial charge is 0.408 e. The highest BCUT2D eigenvalue weighted by atomic mass is 32.2. The predicted molar refractivity (Wildman–Crippen MR) is 124 cm³/mol. The summed E-state index contributed by atoms with van der Waals surface area (Å²) >= 11 is 2.90. The first-order valence-corrected chi connectivity index (χ1v) is 12.2. The molecule has 2 amide bonds. The van der Waals surface area contributed by atoms with Gasteiger partial charge in [-0.3, -0.25) is 19.6 Å². The molecule has 0 radical (unpaired) electrons. The van der Waals surface area contributed by atoms with E-state index in [0.29, 0.717) is 28.7 Å². The van der Waals surface area contributed by atoms with Gasteiger partial charge in [0, 0.05) is 11.0 Å². The van der Waals surface area contributed by atoms with E-state index in [4.69, 9.17) is 4.74 Å². The Morgan fingerprint density at radius 2 is 1.91 bits per heavy atom. The molecule has 10 nitrogen and oxygen atoms in total. The Morgan fingerprint density at radius 3 is 2.47 bits per heavy atom. The molecule has 3 aliphatic rings. The van der Waals surface area contributed by atoms with Crippen molar-refractivity contribution in [2.24, 2.45) is 9.98 Å². The highest BCUT2D eigenvalue weighted by Crippen LogP contribution is 2.37. The number of carbonyl (C=O) groups is 4. The monoisotopic (exact) mass is 484 g/mol. The van der Waals surface area contributed by atoms with Crippen LogP contribution in [0.25, 0.3) is 0 Å². The van der Waals surface area contributed by atoms with Crippen LogP contribution < -0.4 is 10.6 Å². The fourth-order valence-electron chi connectivity index (χ4n) is 3.24. The van der Waals surface area contributed by atoms with Crippen molar-refractivity contribution in [2.45, 2.75) is 75.4 Å². The van der Waals surface area contributed by atoms with E-state index in [-0.39, 0.29) is 30.0 Å². The number of amides is 2. The maximum absolute atomic E-state index is 12.5. The number of carbonyl (C=O) groups excluding carboxylic acids is 3. The minimum Gasteiger partial charge on any atom is -0.480 e. The SMILES string of the molecule is C[C@@H]1SC(C2CSC(CNC(=O)CC(=O)C3(NC(=O)OC(C)(C)C)CC3)=N2)=NC1C(=O)O. The van der Waals surface area contributed by atoms with Gasteiger partial charge in [-0.1, -0.05) is 6.92 Å². The number of ketones is 1. The lowest BCUT2D eigenvalue weighted by Gasteiger charge is -2.22. The van der Waals surface area contributed by atoms with E-state index in [2.05, 4.69) is 20.6 Å². The van der Waals surface area contributed by atoms with Crippen molar-refractivity contribution in [2.75, 3.05) is 12.3 Å². The second kappa shape index (κ2) is 9.42. The minimum absolute atomic E-state index is 0.138. The number of Topliss-reactive ketones (excluding diaryl/α,β-unsaturated/α-hetero) is 1. The Balaban J connectivity index is 1.46. The normalized spacial score (nSPS) is 26.1. The lowest BCUT2D eigenvalue weighted by Crippen LogP contribution is -2.46. The second-order valence-electron chi connectivity index (χ2n) is 9.01. The molecular weight excluding hydrogens is 456 g/mol. The van der Waals surface area contributed by atoms with E-state index in [0.717, 1.165) is 0 Å². The molecule has 0 aromatic carbocycles. The summed E-state index contributed by atoms with van der Waals surface area (Å²) in [5.74, 6) is -1.09. The summed E-state index contributed by atoms with van der Waals surface area (Å²) in [6.45, 7) is 7.22. The van der Waals surface area contributed by atoms with Gasteiger partial charge in [0.1, 0.15) is 17.2 Å². The average molecular weight is 485 g/mol. The Kier molecular flexibility index (Phi) is 7.23. The lowest BCUT2D eigenvalue weighted by atomic mass is 10.1. The molecule has 0 aromatic rings. The summed E-state index contributed by atoms with van der Waals surface area (Å²) in [6, 6.07) is -0.966. The molecule has 0 saturated heterocycles. The molecule has 0 bridgehead atoms. The summed E-state index contributed by atoms with van der Waals surface area (Å²) < 4.78 is 5.20. The average Bonchev–Trinajstić information content (AvgIpc) is 3.10. The van der Waals surface area contributed by atoms with E-state index < -0.39 is 35.2 Å². The van der Waals surface area contributed by atoms with Crippen LogP contribution in [0.15, 0.2) is 9.98 Å². The molecule has 3 rings (SSSR count). The molecule has 1 fully saturated rings. The highest BCUT2D eigenvalue weighted by Gasteiger charge is 2.51. The fraction of sp³-hybridized carbons (Fsp3) is 0.700. The molecule has 12 heteroatoms. The van der Waals surface area contributed by atoms with E-state index in [9.17, 15) is 24.3 Å². The number of thioether (sulfide) groups is 2. The Bertz CT molecular complexity index is 878. The Hall–Kier alpha value is -2.08. The van der Waals surface area contributed by atoms with Crippen molar-refractivity contribution in [3.05, 3.63) is 0 Å². The number of rotatable bonds is 8. The number of aliphatic imine (C=N–C) groups is 2. The van der Waals surface area contributed by atoms with Crippen molar-refractivity contribution >= 4 is 57.4 Å². The van der Waals surface area contributed by atoms with E-state index in [1.807, 2.05) is 6.92 Å². The zero-order chi connectivity index (χ0) is 23.7. The van der Waals surface area contributed by atoms with Crippen LogP contribution in [-0.4, -0.2) is 79.7 Å². The van der Waals surface area contributed by atoms with Gasteiger partial charge in [-0.2, -0.15) is 0 Å². The maximum atomic E-state index is 12.5. The molecule has 1 aliphatic carbocycles. The molecule has 2 aliphatic heterocycles. The van der Waals surface area contributed by atoms with Gasteiger partial charge in [-0.15, -0.1) is 23.5 Å². The standard InChI is InChI=1S/C20H28N4O6S2/c1-10-15(17(27)28)23-16(32-10)11-9-31-14(22-11)8-21-13(26)7-12(25)20(5-6-20)24-18(29)30-19(2,3)4/h10-11,15H,5-9H2,1-4H3,(H,21,26)(H,24,29)(H,27,28)/t10-,11?,15?/m0/s1. The first kappa shape index (κ1) is 24.6. The zero-order valence-corrected chi connectivity index (χ0v) is 20.1. The minimum atomic E-state index is -1.01. The van der Waals surface area contributed by atoms with Crippen molar-refractivity contribution in [3.8, 4) is 0 Å². The topological polar surface area (TPSA) is 147 Å². The molecule has 176 valence electrons. The number of alkyl carbamates (subject to hydrolysis) is 1. The van der Waals surface area contributed by atoms with E-state index in [1.54, 1.807) is 20.8 Å². The van der Waals surface area contributed by atoms with Gasteiger partial charge in [0.2, 0.25) is 5.91 Å². The van der Waals surface area contributed by atoms with Crippen LogP contribution in [0, 0.1) is 0 Å². The van der Waals surface area contributed by atoms with Crippen molar-refractivity contribution in [3.63, 3.8) is 0 Å². The number of carboxylic acids is 1. The summed E-state index contributed by atoms with van der Waals surface area (Å²) in [6.07, 6.45) is -0.0352. The van der Waals surface area contributed by atoms with Gasteiger partial charge in [-0.25, -0.2) is 9.59 Å². The van der Waals surface area contributed by atoms with Gasteiger partial charge >= 0.3 is 12.1 Å². The maximum Gasteiger partial charge on any atom is 0.408 e. The third-order valence-corrected chi connectivity index (χ3v) is 7.36. The van der Waals surface area contributed by atoms with Gasteiger partial charge in [0.15, 0.2) is 11.8 Å². The van der Waals surface area contributed by atoms with Crippen LogP contribution >= 0.6 is 23.5 Å². The number of hydrogen-bond acceptors (Lipinski definition) is 9. The molecule has 2 unspecified atom stereocenters. The summed E-state index contributed by atoms with van der Waals surface area (Å²) in [5, 5.41) is 15.8. The summed E-state index contributed by atoms with van der Waals surface area (Å²) in [4.78, 5) is 56.8. The number of carboxylic acid groups (broad SMARTS) is 1. The van der Waals surface area contributed by atoms with Crippen LogP contribution in [-0.2, 0) is 19.1 Å². The number of aliphatic carboxylic acids is 1. The Labute approximate surface area is 194 Å². The van der Waals surface area contributed by atoms with Crippen LogP contribution in [0.1, 0.15) is 47.0 Å². The van der Waals surface area contributed by atoms with Crippen LogP contribution in [0.2, 0.25) is 0 Å². The first-order chi connectivity index (χ1) is 14.9. The zero-order valence-electron chi connectivity index (χ0n) is 18.5. The summed E-state index contributed by atoms with van der Waals surface area (Å²) in [7, 11) is 0. The lowest BCUT2D eigenvalue weighted by molar-refractivity contribution is -0.138. The van der Waals surface area contributed by atoms with Crippen LogP contribution in [0.4, 0.5) is 4.79 Å². The molecule has 32 heavy (non-hydrogen) atoms. The predicted octanol–water partition coefficient (Wildman–Crippen LogP) is 1.62. The molecular formula is C20H28N4O6S2. The van der Waals surface area contributed by atoms with Crippen molar-refractivity contribution in [1.29, 1.82) is 0 Å². The van der Waals surface area contributed by atoms with Gasteiger partial charge in [0.05, 0.1) is 23.1 Å². The first-order valence-electron chi connectivity index (χ1n) is 10.4. The second-order valence-corrected chi connectivity index (χ2v) is 11.5. The van der Waals surface area contributed by atoms with Crippen LogP contribution in [0.3, 0.4) is 0 Å². The number of nitrogens with zero attached hydrogens (tertiary/aromatic N) is 2. The van der Waals surface area contributed by atoms with Gasteiger partial charge < -0.3 is 20.5 Å². The largest absolute Gasteiger partial charge is 0.480 e. The summed E-state index contributed by atoms with van der Waals surface area (Å²) in [5.41, 5.74) is -1.69. The van der Waals surface area contributed by atoms with Gasteiger partial charge in [-0.05, 0) is 33.6 Å². The van der Waals surface area contributed by atoms with Gasteiger partial charge in [0.25, 0.3) is 0 Å². The van der Waals surface area contributed by atoms with Crippen molar-refractivity contribution in [1.82, 2.24) is 10.6 Å². The molecule has 0 aromatic heterocycles.